The van der Waals surface area contributed by atoms with E-state index in [0.29, 0.717) is 19.8 Å². The third-order valence-electron chi connectivity index (χ3n) is 3.10. The van der Waals surface area contributed by atoms with Gasteiger partial charge in [0.2, 0.25) is 0 Å². The second-order valence-electron chi connectivity index (χ2n) is 5.34. The van der Waals surface area contributed by atoms with Crippen LogP contribution in [0.5, 0.6) is 0 Å². The second-order valence-corrected chi connectivity index (χ2v) is 5.34. The fraction of sp³-hybridized carbons (Fsp3) is 0.625. The van der Waals surface area contributed by atoms with Crippen LogP contribution in [0.4, 0.5) is 0 Å². The summed E-state index contributed by atoms with van der Waals surface area (Å²) < 4.78 is 5.28. The average Bonchev–Trinajstić information content (AvgIpc) is 2.43. The first-order valence-corrected chi connectivity index (χ1v) is 7.28. The van der Waals surface area contributed by atoms with Crippen LogP contribution in [0.25, 0.3) is 0 Å². The van der Waals surface area contributed by atoms with Gasteiger partial charge in [-0.15, -0.1) is 0 Å². The lowest BCUT2D eigenvalue weighted by Gasteiger charge is -2.26. The summed E-state index contributed by atoms with van der Waals surface area (Å²) in [4.78, 5) is 4.44. The highest BCUT2D eigenvalue weighted by Crippen LogP contribution is 2.05. The summed E-state index contributed by atoms with van der Waals surface area (Å²) in [7, 11) is 4.13. The number of ether oxygens (including phenoxy) is 1. The molecule has 0 radical (unpaired) electrons. The van der Waals surface area contributed by atoms with E-state index in [2.05, 4.69) is 48.2 Å². The van der Waals surface area contributed by atoms with E-state index >= 15 is 0 Å². The average molecular weight is 280 g/mol. The van der Waals surface area contributed by atoms with Crippen molar-refractivity contribution in [2.45, 2.75) is 19.6 Å². The lowest BCUT2D eigenvalue weighted by molar-refractivity contribution is 0.0186. The highest BCUT2D eigenvalue weighted by atomic mass is 16.5. The Morgan fingerprint density at radius 3 is 2.45 bits per heavy atom. The van der Waals surface area contributed by atoms with Crippen molar-refractivity contribution in [3.8, 4) is 0 Å². The summed E-state index contributed by atoms with van der Waals surface area (Å²) in [5, 5.41) is 10.0. The lowest BCUT2D eigenvalue weighted by Crippen LogP contribution is -2.38. The zero-order valence-electron chi connectivity index (χ0n) is 13.0. The fourth-order valence-corrected chi connectivity index (χ4v) is 2.02. The molecule has 0 bridgehead atoms. The maximum Gasteiger partial charge on any atom is 0.0900 e. The molecule has 0 spiro atoms. The molecule has 20 heavy (non-hydrogen) atoms. The van der Waals surface area contributed by atoms with Gasteiger partial charge >= 0.3 is 0 Å². The van der Waals surface area contributed by atoms with E-state index < -0.39 is 6.10 Å². The van der Waals surface area contributed by atoms with Crippen molar-refractivity contribution in [1.82, 2.24) is 9.80 Å². The molecular formula is C16H28N2O2. The Hall–Kier alpha value is -0.940. The van der Waals surface area contributed by atoms with Crippen LogP contribution in [0.3, 0.4) is 0 Å². The van der Waals surface area contributed by atoms with Gasteiger partial charge in [-0.3, -0.25) is 4.90 Å². The highest BCUT2D eigenvalue weighted by molar-refractivity contribution is 5.14. The summed E-state index contributed by atoms with van der Waals surface area (Å²) in [6.45, 7) is 6.41. The molecule has 114 valence electrons. The molecule has 1 aromatic carbocycles. The van der Waals surface area contributed by atoms with E-state index in [-0.39, 0.29) is 0 Å². The number of aliphatic hydroxyl groups excluding tert-OH is 1. The molecule has 0 aliphatic heterocycles. The van der Waals surface area contributed by atoms with Gasteiger partial charge in [-0.2, -0.15) is 0 Å². The van der Waals surface area contributed by atoms with Gasteiger partial charge in [0, 0.05) is 32.8 Å². The van der Waals surface area contributed by atoms with Crippen LogP contribution in [0.1, 0.15) is 12.5 Å². The molecule has 4 heteroatoms. The number of aliphatic hydroxyl groups is 1. The van der Waals surface area contributed by atoms with Crippen molar-refractivity contribution in [1.29, 1.82) is 0 Å². The maximum absolute atomic E-state index is 10.0. The molecule has 0 fully saturated rings. The van der Waals surface area contributed by atoms with E-state index in [9.17, 15) is 5.11 Å². The van der Waals surface area contributed by atoms with Gasteiger partial charge < -0.3 is 14.7 Å². The Morgan fingerprint density at radius 1 is 1.15 bits per heavy atom. The smallest absolute Gasteiger partial charge is 0.0900 e. The molecular weight excluding hydrogens is 252 g/mol. The van der Waals surface area contributed by atoms with Crippen molar-refractivity contribution in [3.63, 3.8) is 0 Å². The van der Waals surface area contributed by atoms with Crippen molar-refractivity contribution >= 4 is 0 Å². The summed E-state index contributed by atoms with van der Waals surface area (Å²) >= 11 is 0. The monoisotopic (exact) mass is 280 g/mol. The Bertz CT molecular complexity index is 344. The van der Waals surface area contributed by atoms with E-state index in [4.69, 9.17) is 4.74 Å². The summed E-state index contributed by atoms with van der Waals surface area (Å²) in [6, 6.07) is 10.4. The van der Waals surface area contributed by atoms with Crippen molar-refractivity contribution in [2.24, 2.45) is 0 Å². The first-order valence-electron chi connectivity index (χ1n) is 7.28. The molecule has 0 aliphatic rings. The summed E-state index contributed by atoms with van der Waals surface area (Å²) in [6.07, 6.45) is -0.430. The second kappa shape index (κ2) is 9.88. The van der Waals surface area contributed by atoms with E-state index in [1.54, 1.807) is 0 Å². The number of likely N-dealkylation sites (N-methyl/N-ethyl adjacent to an activating group) is 1. The third-order valence-corrected chi connectivity index (χ3v) is 3.10. The van der Waals surface area contributed by atoms with Crippen molar-refractivity contribution < 1.29 is 9.84 Å². The zero-order chi connectivity index (χ0) is 14.8. The largest absolute Gasteiger partial charge is 0.389 e. The van der Waals surface area contributed by atoms with Gasteiger partial charge in [0.25, 0.3) is 0 Å². The predicted octanol–water partition coefficient (Wildman–Crippen LogP) is 1.45. The van der Waals surface area contributed by atoms with Gasteiger partial charge in [0.1, 0.15) is 0 Å². The Kier molecular flexibility index (Phi) is 8.46. The zero-order valence-corrected chi connectivity index (χ0v) is 13.0. The Balaban J connectivity index is 2.50. The molecule has 0 aromatic heterocycles. The fourth-order valence-electron chi connectivity index (χ4n) is 2.02. The normalized spacial score (nSPS) is 13.1. The van der Waals surface area contributed by atoms with Crippen LogP contribution in [-0.4, -0.2) is 68.0 Å². The molecule has 1 rings (SSSR count). The number of hydrogen-bond donors (Lipinski definition) is 1. The predicted molar refractivity (Wildman–Crippen MR) is 82.8 cm³/mol. The van der Waals surface area contributed by atoms with Crippen LogP contribution < -0.4 is 0 Å². The van der Waals surface area contributed by atoms with Crippen LogP contribution in [0.2, 0.25) is 0 Å². The molecule has 0 saturated carbocycles. The van der Waals surface area contributed by atoms with Crippen molar-refractivity contribution in [3.05, 3.63) is 35.9 Å². The first kappa shape index (κ1) is 17.1. The van der Waals surface area contributed by atoms with Crippen LogP contribution in [0.15, 0.2) is 30.3 Å². The van der Waals surface area contributed by atoms with E-state index in [0.717, 1.165) is 19.6 Å². The molecule has 1 N–H and O–H groups in total. The van der Waals surface area contributed by atoms with Crippen molar-refractivity contribution in [2.75, 3.05) is 46.9 Å². The molecule has 0 aliphatic carbocycles. The van der Waals surface area contributed by atoms with Gasteiger partial charge in [0.05, 0.1) is 12.7 Å². The summed E-state index contributed by atoms with van der Waals surface area (Å²) in [5.41, 5.74) is 1.27. The highest BCUT2D eigenvalue weighted by Gasteiger charge is 2.12. The quantitative estimate of drug-likeness (QED) is 0.704. The van der Waals surface area contributed by atoms with Crippen LogP contribution in [0, 0.1) is 0 Å². The van der Waals surface area contributed by atoms with Gasteiger partial charge in [0.15, 0.2) is 0 Å². The Morgan fingerprint density at radius 2 is 1.85 bits per heavy atom. The molecule has 0 amide bonds. The van der Waals surface area contributed by atoms with Crippen LogP contribution in [-0.2, 0) is 11.3 Å². The standard InChI is InChI=1S/C16H28N2O2/c1-4-20-14-16(19)13-18(11-10-17(2)3)12-15-8-6-5-7-9-15/h5-9,16,19H,4,10-14H2,1-3H3. The number of hydrogen-bond acceptors (Lipinski definition) is 4. The minimum Gasteiger partial charge on any atom is -0.389 e. The number of nitrogens with zero attached hydrogens (tertiary/aromatic N) is 2. The SMILES string of the molecule is CCOCC(O)CN(CCN(C)C)Cc1ccccc1. The molecule has 1 unspecified atom stereocenters. The number of rotatable bonds is 10. The van der Waals surface area contributed by atoms with Gasteiger partial charge in [-0.25, -0.2) is 0 Å². The summed E-state index contributed by atoms with van der Waals surface area (Å²) in [5.74, 6) is 0. The Labute approximate surface area is 123 Å². The van der Waals surface area contributed by atoms with Gasteiger partial charge in [-0.1, -0.05) is 30.3 Å². The van der Waals surface area contributed by atoms with Crippen LogP contribution >= 0.6 is 0 Å². The maximum atomic E-state index is 10.0. The molecule has 4 nitrogen and oxygen atoms in total. The topological polar surface area (TPSA) is 35.9 Å². The first-order chi connectivity index (χ1) is 9.61. The van der Waals surface area contributed by atoms with Gasteiger partial charge in [-0.05, 0) is 26.6 Å². The number of benzene rings is 1. The molecule has 1 aromatic rings. The molecule has 1 atom stereocenters. The third kappa shape index (κ3) is 7.60. The minimum atomic E-state index is -0.430. The molecule has 0 saturated heterocycles. The molecule has 0 heterocycles. The lowest BCUT2D eigenvalue weighted by atomic mass is 10.2. The van der Waals surface area contributed by atoms with E-state index in [1.165, 1.54) is 5.56 Å². The minimum absolute atomic E-state index is 0.407. The van der Waals surface area contributed by atoms with E-state index in [1.807, 2.05) is 13.0 Å².